The summed E-state index contributed by atoms with van der Waals surface area (Å²) in [5.74, 6) is 1.08. The highest BCUT2D eigenvalue weighted by molar-refractivity contribution is 7.99. The standard InChI is InChI=1S/C16H21FN2OS.ClH/c17-13-6-2-5-12-14(7-8-21-15(12)13)19-16(20)11-4-1-3-10(11)9-18;/h2,5-6,10-11,14H,1,3-4,7-9,18H2,(H,19,20);1H/t10-,11-,14?;/m1./s1. The van der Waals surface area contributed by atoms with Crippen LogP contribution in [0.4, 0.5) is 4.39 Å². The summed E-state index contributed by atoms with van der Waals surface area (Å²) in [6.45, 7) is 0.573. The number of fused-ring (bicyclic) bond motifs is 1. The van der Waals surface area contributed by atoms with Gasteiger partial charge in [-0.25, -0.2) is 4.39 Å². The number of nitrogens with one attached hydrogen (secondary N) is 1. The molecule has 1 aliphatic heterocycles. The maximum absolute atomic E-state index is 13.8. The summed E-state index contributed by atoms with van der Waals surface area (Å²) in [5.41, 5.74) is 6.68. The zero-order chi connectivity index (χ0) is 14.8. The van der Waals surface area contributed by atoms with Gasteiger partial charge in [-0.1, -0.05) is 18.6 Å². The molecule has 1 aliphatic carbocycles. The number of carbonyl (C=O) groups is 1. The fourth-order valence-corrected chi connectivity index (χ4v) is 4.62. The average Bonchev–Trinajstić information content (AvgIpc) is 2.97. The van der Waals surface area contributed by atoms with Crippen LogP contribution in [0.25, 0.3) is 0 Å². The molecule has 1 aromatic carbocycles. The van der Waals surface area contributed by atoms with E-state index in [2.05, 4.69) is 5.32 Å². The minimum atomic E-state index is -0.183. The molecule has 22 heavy (non-hydrogen) atoms. The van der Waals surface area contributed by atoms with Crippen molar-refractivity contribution in [2.75, 3.05) is 12.3 Å². The number of nitrogens with two attached hydrogens (primary N) is 1. The highest BCUT2D eigenvalue weighted by Crippen LogP contribution is 2.38. The third-order valence-corrected chi connectivity index (χ3v) is 5.80. The normalized spacial score (nSPS) is 26.9. The first-order valence-electron chi connectivity index (χ1n) is 7.62. The van der Waals surface area contributed by atoms with E-state index in [-0.39, 0.29) is 36.1 Å². The number of carbonyl (C=O) groups excluding carboxylic acids is 1. The number of amides is 1. The maximum Gasteiger partial charge on any atom is 0.223 e. The predicted molar refractivity (Wildman–Crippen MR) is 89.8 cm³/mol. The Balaban J connectivity index is 0.00000176. The minimum Gasteiger partial charge on any atom is -0.349 e. The van der Waals surface area contributed by atoms with Crippen LogP contribution < -0.4 is 11.1 Å². The van der Waals surface area contributed by atoms with Crippen LogP contribution in [-0.2, 0) is 4.79 Å². The molecule has 6 heteroatoms. The van der Waals surface area contributed by atoms with Gasteiger partial charge in [0.15, 0.2) is 0 Å². The van der Waals surface area contributed by atoms with Crippen LogP contribution in [0.5, 0.6) is 0 Å². The van der Waals surface area contributed by atoms with Gasteiger partial charge in [0, 0.05) is 16.6 Å². The average molecular weight is 345 g/mol. The summed E-state index contributed by atoms with van der Waals surface area (Å²) in [6, 6.07) is 5.06. The van der Waals surface area contributed by atoms with E-state index < -0.39 is 0 Å². The predicted octanol–water partition coefficient (Wildman–Crippen LogP) is 3.28. The van der Waals surface area contributed by atoms with Gasteiger partial charge in [-0.15, -0.1) is 24.2 Å². The fraction of sp³-hybridized carbons (Fsp3) is 0.562. The molecular formula is C16H22ClFN2OS. The number of thioether (sulfide) groups is 1. The Bertz CT molecular complexity index is 543. The van der Waals surface area contributed by atoms with Gasteiger partial charge in [0.05, 0.1) is 6.04 Å². The maximum atomic E-state index is 13.8. The topological polar surface area (TPSA) is 55.1 Å². The van der Waals surface area contributed by atoms with E-state index in [1.807, 2.05) is 6.07 Å². The van der Waals surface area contributed by atoms with Crippen LogP contribution >= 0.6 is 24.2 Å². The molecule has 0 bridgehead atoms. The van der Waals surface area contributed by atoms with Crippen molar-refractivity contribution in [2.45, 2.75) is 36.6 Å². The van der Waals surface area contributed by atoms with Crippen LogP contribution in [0.15, 0.2) is 23.1 Å². The molecule has 3 atom stereocenters. The van der Waals surface area contributed by atoms with Crippen LogP contribution in [0, 0.1) is 17.7 Å². The van der Waals surface area contributed by atoms with Crippen LogP contribution in [0.2, 0.25) is 0 Å². The van der Waals surface area contributed by atoms with Gasteiger partial charge in [0.1, 0.15) is 5.82 Å². The second-order valence-corrected chi connectivity index (χ2v) is 6.99. The van der Waals surface area contributed by atoms with Gasteiger partial charge in [-0.05, 0) is 43.4 Å². The van der Waals surface area contributed by atoms with Gasteiger partial charge < -0.3 is 11.1 Å². The van der Waals surface area contributed by atoms with E-state index in [1.54, 1.807) is 6.07 Å². The SMILES string of the molecule is Cl.NC[C@H]1CCC[C@H]1C(=O)NC1CCSc2c(F)cccc21. The van der Waals surface area contributed by atoms with Crippen molar-refractivity contribution in [3.05, 3.63) is 29.6 Å². The molecule has 1 saturated carbocycles. The molecule has 0 saturated heterocycles. The summed E-state index contributed by atoms with van der Waals surface area (Å²) >= 11 is 1.54. The summed E-state index contributed by atoms with van der Waals surface area (Å²) in [6.07, 6.45) is 3.89. The quantitative estimate of drug-likeness (QED) is 0.884. The van der Waals surface area contributed by atoms with Crippen LogP contribution in [-0.4, -0.2) is 18.2 Å². The molecule has 1 amide bonds. The van der Waals surface area contributed by atoms with Gasteiger partial charge in [-0.3, -0.25) is 4.79 Å². The van der Waals surface area contributed by atoms with Crippen molar-refractivity contribution in [3.8, 4) is 0 Å². The fourth-order valence-electron chi connectivity index (χ4n) is 3.48. The lowest BCUT2D eigenvalue weighted by molar-refractivity contribution is -0.126. The van der Waals surface area contributed by atoms with Crippen molar-refractivity contribution < 1.29 is 9.18 Å². The van der Waals surface area contributed by atoms with Gasteiger partial charge >= 0.3 is 0 Å². The third kappa shape index (κ3) is 3.42. The van der Waals surface area contributed by atoms with Gasteiger partial charge in [-0.2, -0.15) is 0 Å². The molecule has 1 fully saturated rings. The molecular weight excluding hydrogens is 323 g/mol. The van der Waals surface area contributed by atoms with E-state index in [1.165, 1.54) is 17.8 Å². The lowest BCUT2D eigenvalue weighted by Gasteiger charge is -2.28. The number of benzene rings is 1. The van der Waals surface area contributed by atoms with Crippen molar-refractivity contribution in [1.82, 2.24) is 5.32 Å². The molecule has 122 valence electrons. The number of hydrogen-bond acceptors (Lipinski definition) is 3. The largest absolute Gasteiger partial charge is 0.349 e. The van der Waals surface area contributed by atoms with Crippen LogP contribution in [0.1, 0.15) is 37.3 Å². The van der Waals surface area contributed by atoms with Crippen molar-refractivity contribution in [3.63, 3.8) is 0 Å². The van der Waals surface area contributed by atoms with E-state index in [0.717, 1.165) is 37.0 Å². The molecule has 1 unspecified atom stereocenters. The summed E-state index contributed by atoms with van der Waals surface area (Å²) in [7, 11) is 0. The van der Waals surface area contributed by atoms with E-state index in [0.29, 0.717) is 17.4 Å². The molecule has 1 aromatic rings. The Hall–Kier alpha value is -0.780. The first-order chi connectivity index (χ1) is 10.2. The Kier molecular flexibility index (Phi) is 6.12. The summed E-state index contributed by atoms with van der Waals surface area (Å²) in [4.78, 5) is 13.2. The minimum absolute atomic E-state index is 0. The Morgan fingerprint density at radius 2 is 2.18 bits per heavy atom. The molecule has 3 N–H and O–H groups in total. The second-order valence-electron chi connectivity index (χ2n) is 5.89. The van der Waals surface area contributed by atoms with Crippen LogP contribution in [0.3, 0.4) is 0 Å². The number of halogens is 2. The Morgan fingerprint density at radius 1 is 1.36 bits per heavy atom. The first-order valence-corrected chi connectivity index (χ1v) is 8.61. The number of hydrogen-bond donors (Lipinski definition) is 2. The van der Waals surface area contributed by atoms with Gasteiger partial charge in [0.25, 0.3) is 0 Å². The smallest absolute Gasteiger partial charge is 0.223 e. The molecule has 2 aliphatic rings. The van der Waals surface area contributed by atoms with Gasteiger partial charge in [0.2, 0.25) is 5.91 Å². The van der Waals surface area contributed by atoms with Crippen molar-refractivity contribution in [2.24, 2.45) is 17.6 Å². The van der Waals surface area contributed by atoms with Crippen molar-refractivity contribution >= 4 is 30.1 Å². The monoisotopic (exact) mass is 344 g/mol. The highest BCUT2D eigenvalue weighted by atomic mass is 35.5. The molecule has 3 rings (SSSR count). The molecule has 0 spiro atoms. The molecule has 1 heterocycles. The zero-order valence-corrected chi connectivity index (χ0v) is 14.0. The zero-order valence-electron chi connectivity index (χ0n) is 12.4. The summed E-state index contributed by atoms with van der Waals surface area (Å²) in [5, 5.41) is 3.13. The first kappa shape index (κ1) is 17.6. The highest BCUT2D eigenvalue weighted by Gasteiger charge is 2.34. The van der Waals surface area contributed by atoms with E-state index in [4.69, 9.17) is 5.73 Å². The number of rotatable bonds is 3. The van der Waals surface area contributed by atoms with E-state index >= 15 is 0 Å². The Morgan fingerprint density at radius 3 is 2.95 bits per heavy atom. The second kappa shape index (κ2) is 7.66. The molecule has 0 aromatic heterocycles. The lowest BCUT2D eigenvalue weighted by atomic mass is 9.94. The Labute approximate surface area is 141 Å². The third-order valence-electron chi connectivity index (χ3n) is 4.64. The van der Waals surface area contributed by atoms with Crippen molar-refractivity contribution in [1.29, 1.82) is 0 Å². The molecule has 3 nitrogen and oxygen atoms in total. The molecule has 0 radical (unpaired) electrons. The van der Waals surface area contributed by atoms with E-state index in [9.17, 15) is 9.18 Å². The lowest BCUT2D eigenvalue weighted by Crippen LogP contribution is -2.38. The summed E-state index contributed by atoms with van der Waals surface area (Å²) < 4.78 is 13.8.